The first-order valence-corrected chi connectivity index (χ1v) is 9.31. The summed E-state index contributed by atoms with van der Waals surface area (Å²) in [6.45, 7) is 2.09. The highest BCUT2D eigenvalue weighted by Crippen LogP contribution is 2.23. The second kappa shape index (κ2) is 8.48. The van der Waals surface area contributed by atoms with Gasteiger partial charge in [0.1, 0.15) is 11.6 Å². The Bertz CT molecular complexity index is 1100. The van der Waals surface area contributed by atoms with E-state index >= 15 is 0 Å². The van der Waals surface area contributed by atoms with Crippen LogP contribution in [0.2, 0.25) is 0 Å². The van der Waals surface area contributed by atoms with E-state index in [1.807, 2.05) is 36.4 Å². The average molecular weight is 385 g/mol. The molecule has 0 aliphatic rings. The van der Waals surface area contributed by atoms with Gasteiger partial charge in [0.15, 0.2) is 0 Å². The quantitative estimate of drug-likeness (QED) is 0.453. The highest BCUT2D eigenvalue weighted by Gasteiger charge is 2.07. The molecule has 2 N–H and O–H groups in total. The zero-order chi connectivity index (χ0) is 20.1. The van der Waals surface area contributed by atoms with Gasteiger partial charge in [0.05, 0.1) is 5.69 Å². The molecule has 1 atom stereocenters. The van der Waals surface area contributed by atoms with Crippen LogP contribution in [0, 0.1) is 5.82 Å². The molecular formula is C23H20FN5. The second-order valence-electron chi connectivity index (χ2n) is 6.61. The molecule has 0 aliphatic heterocycles. The number of hydrogen-bond donors (Lipinski definition) is 2. The lowest BCUT2D eigenvalue weighted by Gasteiger charge is -2.15. The summed E-state index contributed by atoms with van der Waals surface area (Å²) in [6, 6.07) is 22.1. The Balaban J connectivity index is 1.50. The second-order valence-corrected chi connectivity index (χ2v) is 6.61. The molecule has 0 radical (unpaired) electrons. The van der Waals surface area contributed by atoms with E-state index in [9.17, 15) is 4.39 Å². The van der Waals surface area contributed by atoms with Crippen LogP contribution >= 0.6 is 0 Å². The molecule has 0 spiro atoms. The first-order valence-electron chi connectivity index (χ1n) is 9.31. The van der Waals surface area contributed by atoms with Gasteiger partial charge in [-0.05, 0) is 36.8 Å². The molecule has 0 amide bonds. The first kappa shape index (κ1) is 18.6. The van der Waals surface area contributed by atoms with Crippen molar-refractivity contribution in [2.75, 3.05) is 10.6 Å². The molecule has 6 heteroatoms. The van der Waals surface area contributed by atoms with E-state index in [1.165, 1.54) is 17.7 Å². The van der Waals surface area contributed by atoms with Gasteiger partial charge in [-0.2, -0.15) is 0 Å². The van der Waals surface area contributed by atoms with Gasteiger partial charge in [-0.1, -0.05) is 42.5 Å². The molecule has 2 aromatic carbocycles. The Morgan fingerprint density at radius 2 is 1.69 bits per heavy atom. The average Bonchev–Trinajstić information content (AvgIpc) is 2.75. The van der Waals surface area contributed by atoms with E-state index in [0.29, 0.717) is 17.2 Å². The van der Waals surface area contributed by atoms with E-state index in [0.717, 1.165) is 11.5 Å². The van der Waals surface area contributed by atoms with Crippen LogP contribution in [0.15, 0.2) is 85.2 Å². The lowest BCUT2D eigenvalue weighted by atomic mass is 10.1. The van der Waals surface area contributed by atoms with Crippen LogP contribution in [-0.2, 0) is 0 Å². The molecule has 144 valence electrons. The maximum absolute atomic E-state index is 13.5. The lowest BCUT2D eigenvalue weighted by Crippen LogP contribution is -2.08. The van der Waals surface area contributed by atoms with Crippen LogP contribution in [-0.4, -0.2) is 15.0 Å². The lowest BCUT2D eigenvalue weighted by molar-refractivity contribution is 0.628. The SMILES string of the molecule is C[C@H](Nc1cc(Nc2nccc(-c3cccc(F)c3)n2)ccn1)c1ccccc1. The maximum Gasteiger partial charge on any atom is 0.227 e. The van der Waals surface area contributed by atoms with Crippen LogP contribution in [0.5, 0.6) is 0 Å². The van der Waals surface area contributed by atoms with Gasteiger partial charge in [-0.15, -0.1) is 0 Å². The minimum absolute atomic E-state index is 0.117. The van der Waals surface area contributed by atoms with Crippen molar-refractivity contribution in [2.45, 2.75) is 13.0 Å². The Morgan fingerprint density at radius 1 is 0.862 bits per heavy atom. The van der Waals surface area contributed by atoms with E-state index < -0.39 is 0 Å². The van der Waals surface area contributed by atoms with Crippen molar-refractivity contribution < 1.29 is 4.39 Å². The highest BCUT2D eigenvalue weighted by molar-refractivity contribution is 5.63. The van der Waals surface area contributed by atoms with Crippen LogP contribution in [0.1, 0.15) is 18.5 Å². The highest BCUT2D eigenvalue weighted by atomic mass is 19.1. The third-order valence-corrected chi connectivity index (χ3v) is 4.46. The summed E-state index contributed by atoms with van der Waals surface area (Å²) in [4.78, 5) is 13.1. The van der Waals surface area contributed by atoms with Crippen LogP contribution in [0.3, 0.4) is 0 Å². The fraction of sp³-hybridized carbons (Fsp3) is 0.0870. The molecule has 0 aliphatic carbocycles. The van der Waals surface area contributed by atoms with Crippen LogP contribution < -0.4 is 10.6 Å². The predicted octanol–water partition coefficient (Wildman–Crippen LogP) is 5.59. The fourth-order valence-electron chi connectivity index (χ4n) is 2.99. The van der Waals surface area contributed by atoms with Crippen molar-refractivity contribution in [2.24, 2.45) is 0 Å². The van der Waals surface area contributed by atoms with Crippen LogP contribution in [0.4, 0.5) is 21.8 Å². The molecule has 5 nitrogen and oxygen atoms in total. The first-order chi connectivity index (χ1) is 14.2. The Morgan fingerprint density at radius 3 is 2.52 bits per heavy atom. The van der Waals surface area contributed by atoms with Crippen molar-refractivity contribution in [1.82, 2.24) is 15.0 Å². The minimum Gasteiger partial charge on any atom is -0.363 e. The van der Waals surface area contributed by atoms with E-state index in [-0.39, 0.29) is 11.9 Å². The number of nitrogens with one attached hydrogen (secondary N) is 2. The Kier molecular flexibility index (Phi) is 5.42. The Labute approximate surface area is 168 Å². The summed E-state index contributed by atoms with van der Waals surface area (Å²) < 4.78 is 13.5. The molecule has 0 unspecified atom stereocenters. The molecule has 2 heterocycles. The zero-order valence-electron chi connectivity index (χ0n) is 15.9. The molecule has 29 heavy (non-hydrogen) atoms. The van der Waals surface area contributed by atoms with E-state index in [1.54, 1.807) is 24.5 Å². The fourth-order valence-corrected chi connectivity index (χ4v) is 2.99. The number of pyridine rings is 1. The van der Waals surface area contributed by atoms with Gasteiger partial charge in [-0.25, -0.2) is 19.3 Å². The Hall–Kier alpha value is -3.80. The standard InChI is InChI=1S/C23H20FN5/c1-16(17-6-3-2-4-7-17)27-22-15-20(10-12-25-22)28-23-26-13-11-21(29-23)18-8-5-9-19(24)14-18/h2-16H,1H3,(H2,25,26,27,28,29)/t16-/m0/s1. The number of nitrogens with zero attached hydrogens (tertiary/aromatic N) is 3. The van der Waals surface area contributed by atoms with Crippen molar-refractivity contribution >= 4 is 17.5 Å². The monoisotopic (exact) mass is 385 g/mol. The maximum atomic E-state index is 13.5. The summed E-state index contributed by atoms with van der Waals surface area (Å²) in [7, 11) is 0. The summed E-state index contributed by atoms with van der Waals surface area (Å²) in [5, 5.41) is 6.58. The van der Waals surface area contributed by atoms with E-state index in [4.69, 9.17) is 0 Å². The van der Waals surface area contributed by atoms with Gasteiger partial charge >= 0.3 is 0 Å². The van der Waals surface area contributed by atoms with Gasteiger partial charge < -0.3 is 10.6 Å². The minimum atomic E-state index is -0.298. The molecule has 0 bridgehead atoms. The third-order valence-electron chi connectivity index (χ3n) is 4.46. The van der Waals surface area contributed by atoms with Crippen molar-refractivity contribution in [1.29, 1.82) is 0 Å². The zero-order valence-corrected chi connectivity index (χ0v) is 15.9. The van der Waals surface area contributed by atoms with Crippen LogP contribution in [0.25, 0.3) is 11.3 Å². The van der Waals surface area contributed by atoms with Gasteiger partial charge in [0, 0.05) is 35.8 Å². The molecule has 4 aromatic rings. The van der Waals surface area contributed by atoms with Crippen molar-refractivity contribution in [3.05, 3.63) is 96.6 Å². The summed E-state index contributed by atoms with van der Waals surface area (Å²) in [5.41, 5.74) is 3.33. The number of aromatic nitrogens is 3. The molecule has 0 fully saturated rings. The van der Waals surface area contributed by atoms with E-state index in [2.05, 4.69) is 44.6 Å². The van der Waals surface area contributed by atoms with Gasteiger partial charge in [0.25, 0.3) is 0 Å². The van der Waals surface area contributed by atoms with Gasteiger partial charge in [-0.3, -0.25) is 0 Å². The van der Waals surface area contributed by atoms with Crippen molar-refractivity contribution in [3.63, 3.8) is 0 Å². The number of halogens is 1. The third kappa shape index (κ3) is 4.73. The van der Waals surface area contributed by atoms with Crippen molar-refractivity contribution in [3.8, 4) is 11.3 Å². The van der Waals surface area contributed by atoms with Gasteiger partial charge in [0.2, 0.25) is 5.95 Å². The molecule has 4 rings (SSSR count). The number of rotatable bonds is 6. The predicted molar refractivity (Wildman–Crippen MR) is 113 cm³/mol. The number of hydrogen-bond acceptors (Lipinski definition) is 5. The normalized spacial score (nSPS) is 11.7. The molecule has 2 aromatic heterocycles. The number of anilines is 3. The summed E-state index contributed by atoms with van der Waals surface area (Å²) >= 11 is 0. The summed E-state index contributed by atoms with van der Waals surface area (Å²) in [6.07, 6.45) is 3.37. The topological polar surface area (TPSA) is 62.7 Å². The largest absolute Gasteiger partial charge is 0.363 e. The molecule has 0 saturated carbocycles. The molecular weight excluding hydrogens is 365 g/mol. The summed E-state index contributed by atoms with van der Waals surface area (Å²) in [5.74, 6) is 0.876. The number of benzene rings is 2. The smallest absolute Gasteiger partial charge is 0.227 e. The molecule has 0 saturated heterocycles.